The van der Waals surface area contributed by atoms with Crippen molar-refractivity contribution in [3.05, 3.63) is 30.3 Å². The molecular weight excluding hydrogens is 316 g/mol. The van der Waals surface area contributed by atoms with E-state index in [4.69, 9.17) is 5.73 Å². The minimum Gasteiger partial charge on any atom is -0.353 e. The number of rotatable bonds is 7. The van der Waals surface area contributed by atoms with Crippen LogP contribution in [0, 0.1) is 0 Å². The Hall–Kier alpha value is -0.710. The van der Waals surface area contributed by atoms with E-state index in [1.165, 1.54) is 17.7 Å². The molecule has 1 aromatic rings. The van der Waals surface area contributed by atoms with E-state index in [1.807, 2.05) is 17.8 Å². The van der Waals surface area contributed by atoms with Gasteiger partial charge < -0.3 is 11.1 Å². The van der Waals surface area contributed by atoms with Gasteiger partial charge in [-0.2, -0.15) is 0 Å². The first-order valence-corrected chi connectivity index (χ1v) is 8.74. The maximum absolute atomic E-state index is 12.0. The van der Waals surface area contributed by atoms with Gasteiger partial charge in [-0.25, -0.2) is 0 Å². The van der Waals surface area contributed by atoms with Gasteiger partial charge in [-0.15, -0.1) is 24.2 Å². The molecule has 1 amide bonds. The summed E-state index contributed by atoms with van der Waals surface area (Å²) in [7, 11) is 0. The fraction of sp³-hybridized carbons (Fsp3) is 0.588. The molecule has 1 saturated carbocycles. The van der Waals surface area contributed by atoms with Crippen molar-refractivity contribution in [2.24, 2.45) is 5.73 Å². The van der Waals surface area contributed by atoms with E-state index < -0.39 is 0 Å². The summed E-state index contributed by atoms with van der Waals surface area (Å²) < 4.78 is 0.142. The first kappa shape index (κ1) is 19.3. The molecular formula is C17H27ClN2OS. The summed E-state index contributed by atoms with van der Waals surface area (Å²) in [6.07, 6.45) is 6.52. The van der Waals surface area contributed by atoms with Crippen LogP contribution in [0.1, 0.15) is 45.4 Å². The van der Waals surface area contributed by atoms with Gasteiger partial charge in [-0.05, 0) is 31.4 Å². The highest BCUT2D eigenvalue weighted by molar-refractivity contribution is 8.00. The van der Waals surface area contributed by atoms with Crippen LogP contribution in [0.5, 0.6) is 0 Å². The Bertz CT molecular complexity index is 449. The Kier molecular flexibility index (Phi) is 8.29. The Morgan fingerprint density at radius 3 is 2.55 bits per heavy atom. The first-order valence-electron chi connectivity index (χ1n) is 7.92. The number of nitrogens with one attached hydrogen (secondary N) is 1. The van der Waals surface area contributed by atoms with Crippen LogP contribution in [0.2, 0.25) is 0 Å². The van der Waals surface area contributed by atoms with Crippen molar-refractivity contribution in [3.8, 4) is 0 Å². The second-order valence-electron chi connectivity index (χ2n) is 5.92. The number of nitrogens with two attached hydrogens (primary N) is 1. The summed E-state index contributed by atoms with van der Waals surface area (Å²) in [5.74, 6) is -0.00298. The predicted molar refractivity (Wildman–Crippen MR) is 96.6 cm³/mol. The third-order valence-corrected chi connectivity index (χ3v) is 5.61. The topological polar surface area (TPSA) is 55.1 Å². The van der Waals surface area contributed by atoms with E-state index in [-0.39, 0.29) is 29.1 Å². The minimum atomic E-state index is -0.366. The third kappa shape index (κ3) is 5.49. The van der Waals surface area contributed by atoms with Crippen LogP contribution in [-0.4, -0.2) is 23.2 Å². The molecule has 3 N–H and O–H groups in total. The summed E-state index contributed by atoms with van der Waals surface area (Å²) in [5.41, 5.74) is 5.89. The van der Waals surface area contributed by atoms with Gasteiger partial charge in [0.2, 0.25) is 5.91 Å². The minimum absolute atomic E-state index is 0. The number of halogens is 1. The zero-order valence-corrected chi connectivity index (χ0v) is 14.8. The van der Waals surface area contributed by atoms with E-state index >= 15 is 0 Å². The molecule has 1 aliphatic carbocycles. The normalized spacial score (nSPS) is 17.5. The van der Waals surface area contributed by atoms with Crippen LogP contribution in [0.3, 0.4) is 0 Å². The molecule has 2 rings (SSSR count). The summed E-state index contributed by atoms with van der Waals surface area (Å²) in [5, 5.41) is 3.09. The van der Waals surface area contributed by atoms with Crippen molar-refractivity contribution in [1.82, 2.24) is 5.32 Å². The molecule has 0 saturated heterocycles. The molecule has 0 aromatic heterocycles. The SMILES string of the molecule is CCCC(N)C(=O)NCC1(Sc2ccccc2)CCCC1.Cl. The zero-order chi connectivity index (χ0) is 15.1. The Morgan fingerprint density at radius 2 is 1.95 bits per heavy atom. The summed E-state index contributed by atoms with van der Waals surface area (Å²) in [6.45, 7) is 2.78. The lowest BCUT2D eigenvalue weighted by Gasteiger charge is -2.29. The van der Waals surface area contributed by atoms with Gasteiger partial charge in [0.25, 0.3) is 0 Å². The molecule has 1 aromatic carbocycles. The van der Waals surface area contributed by atoms with Gasteiger partial charge in [0.1, 0.15) is 0 Å². The van der Waals surface area contributed by atoms with Gasteiger partial charge in [0.15, 0.2) is 0 Å². The number of hydrogen-bond acceptors (Lipinski definition) is 3. The molecule has 1 fully saturated rings. The molecule has 1 aliphatic rings. The molecule has 5 heteroatoms. The number of benzene rings is 1. The average Bonchev–Trinajstić information content (AvgIpc) is 2.95. The van der Waals surface area contributed by atoms with Crippen LogP contribution in [0.15, 0.2) is 35.2 Å². The highest BCUT2D eigenvalue weighted by Crippen LogP contribution is 2.44. The van der Waals surface area contributed by atoms with Gasteiger partial charge in [-0.3, -0.25) is 4.79 Å². The third-order valence-electron chi connectivity index (χ3n) is 4.11. The van der Waals surface area contributed by atoms with E-state index in [0.717, 1.165) is 32.2 Å². The van der Waals surface area contributed by atoms with Crippen molar-refractivity contribution >= 4 is 30.1 Å². The largest absolute Gasteiger partial charge is 0.353 e. The maximum Gasteiger partial charge on any atom is 0.236 e. The molecule has 3 nitrogen and oxygen atoms in total. The standard InChI is InChI=1S/C17H26N2OS.ClH/c1-2-8-15(18)16(20)19-13-17(11-6-7-12-17)21-14-9-4-3-5-10-14;/h3-5,9-10,15H,2,6-8,11-13,18H2,1H3,(H,19,20);1H. The molecule has 0 radical (unpaired) electrons. The molecule has 22 heavy (non-hydrogen) atoms. The second-order valence-corrected chi connectivity index (χ2v) is 7.46. The van der Waals surface area contributed by atoms with E-state index in [9.17, 15) is 4.79 Å². The van der Waals surface area contributed by atoms with Crippen molar-refractivity contribution in [2.75, 3.05) is 6.54 Å². The molecule has 124 valence electrons. The average molecular weight is 343 g/mol. The molecule has 1 atom stereocenters. The maximum atomic E-state index is 12.0. The van der Waals surface area contributed by atoms with E-state index in [1.54, 1.807) is 0 Å². The van der Waals surface area contributed by atoms with Crippen LogP contribution in [0.4, 0.5) is 0 Å². The molecule has 0 bridgehead atoms. The van der Waals surface area contributed by atoms with Crippen molar-refractivity contribution in [3.63, 3.8) is 0 Å². The van der Waals surface area contributed by atoms with Gasteiger partial charge in [0, 0.05) is 16.2 Å². The number of thioether (sulfide) groups is 1. The summed E-state index contributed by atoms with van der Waals surface area (Å²) in [6, 6.07) is 10.1. The van der Waals surface area contributed by atoms with Crippen LogP contribution < -0.4 is 11.1 Å². The van der Waals surface area contributed by atoms with E-state index in [2.05, 4.69) is 36.5 Å². The zero-order valence-electron chi connectivity index (χ0n) is 13.2. The summed E-state index contributed by atoms with van der Waals surface area (Å²) >= 11 is 1.91. The summed E-state index contributed by atoms with van der Waals surface area (Å²) in [4.78, 5) is 13.3. The smallest absolute Gasteiger partial charge is 0.236 e. The monoisotopic (exact) mass is 342 g/mol. The fourth-order valence-corrected chi connectivity index (χ4v) is 4.32. The van der Waals surface area contributed by atoms with Crippen LogP contribution in [0.25, 0.3) is 0 Å². The van der Waals surface area contributed by atoms with Gasteiger partial charge in [-0.1, -0.05) is 44.4 Å². The highest BCUT2D eigenvalue weighted by atomic mass is 35.5. The lowest BCUT2D eigenvalue weighted by molar-refractivity contribution is -0.122. The second kappa shape index (κ2) is 9.43. The lowest BCUT2D eigenvalue weighted by Crippen LogP contribution is -2.46. The lowest BCUT2D eigenvalue weighted by atomic mass is 10.1. The quantitative estimate of drug-likeness (QED) is 0.793. The number of carbonyl (C=O) groups excluding carboxylic acids is 1. The predicted octanol–water partition coefficient (Wildman–Crippen LogP) is 3.76. The molecule has 1 unspecified atom stereocenters. The van der Waals surface area contributed by atoms with Crippen LogP contribution in [-0.2, 0) is 4.79 Å². The van der Waals surface area contributed by atoms with Crippen molar-refractivity contribution < 1.29 is 4.79 Å². The van der Waals surface area contributed by atoms with Crippen molar-refractivity contribution in [1.29, 1.82) is 0 Å². The Balaban J connectivity index is 0.00000242. The van der Waals surface area contributed by atoms with Gasteiger partial charge >= 0.3 is 0 Å². The van der Waals surface area contributed by atoms with Crippen LogP contribution >= 0.6 is 24.2 Å². The first-order chi connectivity index (χ1) is 10.2. The number of amides is 1. The van der Waals surface area contributed by atoms with Crippen molar-refractivity contribution in [2.45, 2.75) is 61.1 Å². The van der Waals surface area contributed by atoms with E-state index in [0.29, 0.717) is 0 Å². The number of hydrogen-bond donors (Lipinski definition) is 2. The fourth-order valence-electron chi connectivity index (χ4n) is 2.89. The molecule has 0 heterocycles. The molecule has 0 spiro atoms. The highest BCUT2D eigenvalue weighted by Gasteiger charge is 2.35. The van der Waals surface area contributed by atoms with Gasteiger partial charge in [0.05, 0.1) is 6.04 Å². The Labute approximate surface area is 144 Å². The Morgan fingerprint density at radius 1 is 1.32 bits per heavy atom. The molecule has 0 aliphatic heterocycles. The number of carbonyl (C=O) groups is 1.